The third-order valence-corrected chi connectivity index (χ3v) is 7.50. The minimum atomic E-state index is -1.14. The lowest BCUT2D eigenvalue weighted by Crippen LogP contribution is -2.48. The van der Waals surface area contributed by atoms with E-state index in [2.05, 4.69) is 35.2 Å². The second-order valence-electron chi connectivity index (χ2n) is 9.47. The number of ether oxygens (including phenoxy) is 1. The Morgan fingerprint density at radius 1 is 0.879 bits per heavy atom. The van der Waals surface area contributed by atoms with E-state index in [1.807, 2.05) is 72.6 Å². The molecule has 0 aromatic heterocycles. The van der Waals surface area contributed by atoms with Gasteiger partial charge in [-0.2, -0.15) is 0 Å². The number of hydrogen-bond acceptors (Lipinski definition) is 3. The Labute approximate surface area is 196 Å². The average Bonchev–Trinajstić information content (AvgIpc) is 3.30. The van der Waals surface area contributed by atoms with E-state index in [-0.39, 0.29) is 5.91 Å². The molecule has 1 heterocycles. The lowest BCUT2D eigenvalue weighted by atomic mass is 9.84. The Balaban J connectivity index is 1.29. The third kappa shape index (κ3) is 4.09. The minimum Gasteiger partial charge on any atom is -0.359 e. The fourth-order valence-electron chi connectivity index (χ4n) is 5.73. The first-order valence-electron chi connectivity index (χ1n) is 11.8. The lowest BCUT2D eigenvalue weighted by Gasteiger charge is -2.36. The van der Waals surface area contributed by atoms with Gasteiger partial charge in [0, 0.05) is 40.3 Å². The highest BCUT2D eigenvalue weighted by Crippen LogP contribution is 2.52. The van der Waals surface area contributed by atoms with Crippen molar-refractivity contribution in [3.63, 3.8) is 0 Å². The van der Waals surface area contributed by atoms with Crippen LogP contribution in [0.4, 0.5) is 0 Å². The molecule has 1 saturated carbocycles. The number of rotatable bonds is 8. The SMILES string of the molecule is COC(C(=O)N(C)CC1C2CN(Cc3ccccc3)CC21)(c1ccccc1)c1ccccc1. The number of likely N-dealkylation sites (N-methyl/N-ethyl adjacent to an activating group) is 1. The van der Waals surface area contributed by atoms with Crippen LogP contribution in [0.15, 0.2) is 91.0 Å². The molecule has 1 aliphatic carbocycles. The molecule has 0 spiro atoms. The summed E-state index contributed by atoms with van der Waals surface area (Å²) in [5.41, 5.74) is 1.96. The number of likely N-dealkylation sites (tertiary alicyclic amines) is 1. The van der Waals surface area contributed by atoms with Gasteiger partial charge in [0.25, 0.3) is 5.91 Å². The molecule has 3 aromatic rings. The van der Waals surface area contributed by atoms with E-state index in [0.29, 0.717) is 17.8 Å². The van der Waals surface area contributed by atoms with Crippen molar-refractivity contribution in [1.82, 2.24) is 9.80 Å². The molecule has 2 atom stereocenters. The zero-order valence-corrected chi connectivity index (χ0v) is 19.4. The molecule has 0 radical (unpaired) electrons. The van der Waals surface area contributed by atoms with Gasteiger partial charge in [0.1, 0.15) is 0 Å². The summed E-state index contributed by atoms with van der Waals surface area (Å²) >= 11 is 0. The van der Waals surface area contributed by atoms with Crippen LogP contribution in [0.25, 0.3) is 0 Å². The normalized spacial score (nSPS) is 22.1. The molecule has 4 heteroatoms. The largest absolute Gasteiger partial charge is 0.359 e. The highest BCUT2D eigenvalue weighted by Gasteiger charge is 2.56. The Kier molecular flexibility index (Phi) is 6.05. The maximum atomic E-state index is 14.0. The van der Waals surface area contributed by atoms with Crippen molar-refractivity contribution in [2.75, 3.05) is 33.8 Å². The van der Waals surface area contributed by atoms with Gasteiger partial charge in [0.15, 0.2) is 5.60 Å². The van der Waals surface area contributed by atoms with Crippen molar-refractivity contribution in [3.05, 3.63) is 108 Å². The number of hydrogen-bond donors (Lipinski definition) is 0. The van der Waals surface area contributed by atoms with Crippen molar-refractivity contribution in [2.45, 2.75) is 12.1 Å². The zero-order valence-electron chi connectivity index (χ0n) is 19.4. The lowest BCUT2D eigenvalue weighted by molar-refractivity contribution is -0.150. The summed E-state index contributed by atoms with van der Waals surface area (Å²) in [6, 6.07) is 30.4. The van der Waals surface area contributed by atoms with Gasteiger partial charge in [-0.05, 0) is 34.4 Å². The minimum absolute atomic E-state index is 0.00600. The Bertz CT molecular complexity index is 1020. The van der Waals surface area contributed by atoms with Gasteiger partial charge in [-0.1, -0.05) is 91.0 Å². The zero-order chi connectivity index (χ0) is 22.8. The van der Waals surface area contributed by atoms with E-state index < -0.39 is 5.60 Å². The van der Waals surface area contributed by atoms with E-state index in [1.54, 1.807) is 7.11 Å². The third-order valence-electron chi connectivity index (χ3n) is 7.50. The molecule has 1 saturated heterocycles. The molecule has 2 unspecified atom stereocenters. The van der Waals surface area contributed by atoms with Crippen molar-refractivity contribution < 1.29 is 9.53 Å². The van der Waals surface area contributed by atoms with E-state index in [1.165, 1.54) is 5.56 Å². The van der Waals surface area contributed by atoms with Gasteiger partial charge < -0.3 is 9.64 Å². The summed E-state index contributed by atoms with van der Waals surface area (Å²) in [6.45, 7) is 4.04. The Morgan fingerprint density at radius 2 is 1.36 bits per heavy atom. The summed E-state index contributed by atoms with van der Waals surface area (Å²) < 4.78 is 6.07. The first kappa shape index (κ1) is 21.9. The van der Waals surface area contributed by atoms with E-state index in [4.69, 9.17) is 4.74 Å². The highest BCUT2D eigenvalue weighted by molar-refractivity contribution is 5.90. The van der Waals surface area contributed by atoms with E-state index in [9.17, 15) is 4.79 Å². The van der Waals surface area contributed by atoms with Crippen LogP contribution in [0.3, 0.4) is 0 Å². The van der Waals surface area contributed by atoms with Crippen LogP contribution in [0, 0.1) is 17.8 Å². The average molecular weight is 441 g/mol. The maximum absolute atomic E-state index is 14.0. The molecule has 5 rings (SSSR count). The van der Waals surface area contributed by atoms with E-state index >= 15 is 0 Å². The van der Waals surface area contributed by atoms with Crippen molar-refractivity contribution in [2.24, 2.45) is 17.8 Å². The molecular weight excluding hydrogens is 408 g/mol. The second kappa shape index (κ2) is 9.12. The standard InChI is InChI=1S/C29H32N2O2/c1-30(19-25-26-20-31(21-27(25)26)18-22-12-6-3-7-13-22)28(32)29(33-2,23-14-8-4-9-15-23)24-16-10-5-11-17-24/h3-17,25-27H,18-21H2,1-2H3. The number of piperidine rings is 1. The maximum Gasteiger partial charge on any atom is 0.263 e. The molecular formula is C29H32N2O2. The van der Waals surface area contributed by atoms with Crippen LogP contribution >= 0.6 is 0 Å². The predicted molar refractivity (Wildman–Crippen MR) is 130 cm³/mol. The topological polar surface area (TPSA) is 32.8 Å². The van der Waals surface area contributed by atoms with Crippen LogP contribution < -0.4 is 0 Å². The number of nitrogens with zero attached hydrogens (tertiary/aromatic N) is 2. The Morgan fingerprint density at radius 3 is 1.85 bits per heavy atom. The summed E-state index contributed by atoms with van der Waals surface area (Å²) in [7, 11) is 3.57. The number of amides is 1. The quantitative estimate of drug-likeness (QED) is 0.520. The fourth-order valence-corrected chi connectivity index (χ4v) is 5.73. The molecule has 2 aliphatic rings. The van der Waals surface area contributed by atoms with Gasteiger partial charge in [0.2, 0.25) is 0 Å². The number of methoxy groups -OCH3 is 1. The predicted octanol–water partition coefficient (Wildman–Crippen LogP) is 4.41. The van der Waals surface area contributed by atoms with Crippen LogP contribution in [-0.2, 0) is 21.7 Å². The number of benzene rings is 3. The van der Waals surface area contributed by atoms with Crippen LogP contribution in [-0.4, -0.2) is 49.5 Å². The molecule has 0 bridgehead atoms. The molecule has 1 aliphatic heterocycles. The smallest absolute Gasteiger partial charge is 0.263 e. The van der Waals surface area contributed by atoms with Gasteiger partial charge in [-0.15, -0.1) is 0 Å². The summed E-state index contributed by atoms with van der Waals surface area (Å²) in [5, 5.41) is 0. The van der Waals surface area contributed by atoms with E-state index in [0.717, 1.165) is 37.3 Å². The second-order valence-corrected chi connectivity index (χ2v) is 9.47. The number of fused-ring (bicyclic) bond motifs is 1. The number of carbonyl (C=O) groups is 1. The molecule has 0 N–H and O–H groups in total. The summed E-state index contributed by atoms with van der Waals surface area (Å²) in [6.07, 6.45) is 0. The fraction of sp³-hybridized carbons (Fsp3) is 0.345. The van der Waals surface area contributed by atoms with Crippen molar-refractivity contribution in [3.8, 4) is 0 Å². The van der Waals surface area contributed by atoms with Gasteiger partial charge in [-0.3, -0.25) is 9.69 Å². The van der Waals surface area contributed by atoms with Crippen LogP contribution in [0.2, 0.25) is 0 Å². The van der Waals surface area contributed by atoms with Gasteiger partial charge in [-0.25, -0.2) is 0 Å². The summed E-state index contributed by atoms with van der Waals surface area (Å²) in [4.78, 5) is 18.4. The van der Waals surface area contributed by atoms with Gasteiger partial charge in [0.05, 0.1) is 0 Å². The first-order chi connectivity index (χ1) is 16.1. The monoisotopic (exact) mass is 440 g/mol. The molecule has 2 fully saturated rings. The molecule has 1 amide bonds. The molecule has 3 aromatic carbocycles. The molecule has 33 heavy (non-hydrogen) atoms. The highest BCUT2D eigenvalue weighted by atomic mass is 16.5. The van der Waals surface area contributed by atoms with Crippen molar-refractivity contribution in [1.29, 1.82) is 0 Å². The molecule has 4 nitrogen and oxygen atoms in total. The van der Waals surface area contributed by atoms with Crippen LogP contribution in [0.1, 0.15) is 16.7 Å². The molecule has 170 valence electrons. The van der Waals surface area contributed by atoms with Crippen LogP contribution in [0.5, 0.6) is 0 Å². The first-order valence-corrected chi connectivity index (χ1v) is 11.8. The summed E-state index contributed by atoms with van der Waals surface area (Å²) in [5.74, 6) is 1.95. The van der Waals surface area contributed by atoms with Crippen molar-refractivity contribution >= 4 is 5.91 Å². The van der Waals surface area contributed by atoms with Gasteiger partial charge >= 0.3 is 0 Å². The Hall–Kier alpha value is -2.95. The number of carbonyl (C=O) groups excluding carboxylic acids is 1.